The van der Waals surface area contributed by atoms with E-state index >= 15 is 0 Å². The van der Waals surface area contributed by atoms with E-state index < -0.39 is 11.0 Å². The van der Waals surface area contributed by atoms with E-state index in [9.17, 15) is 8.78 Å². The van der Waals surface area contributed by atoms with Crippen LogP contribution in [0.2, 0.25) is 0 Å². The third-order valence-corrected chi connectivity index (χ3v) is 3.52. The van der Waals surface area contributed by atoms with Crippen LogP contribution in [0, 0.1) is 11.2 Å². The molecular weight excluding hydrogens is 256 g/mol. The van der Waals surface area contributed by atoms with Gasteiger partial charge in [-0.3, -0.25) is 4.99 Å². The second kappa shape index (κ2) is 5.31. The Morgan fingerprint density at radius 1 is 1.30 bits per heavy atom. The lowest BCUT2D eigenvalue weighted by Crippen LogP contribution is -2.21. The van der Waals surface area contributed by atoms with Crippen molar-refractivity contribution in [1.29, 1.82) is 0 Å². The van der Waals surface area contributed by atoms with Gasteiger partial charge in [-0.05, 0) is 37.6 Å². The maximum absolute atomic E-state index is 13.4. The topological polar surface area (TPSA) is 12.4 Å². The lowest BCUT2D eigenvalue weighted by atomic mass is 9.84. The molecule has 0 saturated carbocycles. The van der Waals surface area contributed by atoms with Gasteiger partial charge in [-0.1, -0.05) is 31.2 Å². The summed E-state index contributed by atoms with van der Waals surface area (Å²) in [5.74, 6) is -0.423. The Kier molecular flexibility index (Phi) is 3.89. The summed E-state index contributed by atoms with van der Waals surface area (Å²) in [6.07, 6.45) is 7.18. The van der Waals surface area contributed by atoms with Crippen molar-refractivity contribution in [2.45, 2.75) is 32.7 Å². The van der Waals surface area contributed by atoms with Crippen LogP contribution in [-0.2, 0) is 5.54 Å². The number of hydrogen-bond donors (Lipinski definition) is 0. The molecule has 1 aliphatic carbocycles. The fraction of sp³-hybridized carbons (Fsp3) is 0.353. The van der Waals surface area contributed by atoms with Crippen molar-refractivity contribution in [3.63, 3.8) is 0 Å². The van der Waals surface area contributed by atoms with Gasteiger partial charge in [-0.25, -0.2) is 8.78 Å². The van der Waals surface area contributed by atoms with E-state index in [4.69, 9.17) is 0 Å². The molecule has 1 atom stereocenters. The van der Waals surface area contributed by atoms with Crippen LogP contribution in [0.15, 0.2) is 53.3 Å². The van der Waals surface area contributed by atoms with Crippen LogP contribution in [0.3, 0.4) is 0 Å². The Labute approximate surface area is 118 Å². The SMILES string of the molecule is CC1(C=NC(C)(C)c2cccc(F)c2)C=CC=C(F)C1. The first-order valence-electron chi connectivity index (χ1n) is 6.67. The first-order valence-corrected chi connectivity index (χ1v) is 6.67. The maximum Gasteiger partial charge on any atom is 0.123 e. The van der Waals surface area contributed by atoms with E-state index in [0.717, 1.165) is 5.56 Å². The van der Waals surface area contributed by atoms with Gasteiger partial charge in [-0.15, -0.1) is 0 Å². The average Bonchev–Trinajstić information content (AvgIpc) is 2.37. The second-order valence-electron chi connectivity index (χ2n) is 5.98. The van der Waals surface area contributed by atoms with Gasteiger partial charge >= 0.3 is 0 Å². The minimum Gasteiger partial charge on any atom is -0.286 e. The van der Waals surface area contributed by atoms with Crippen LogP contribution in [-0.4, -0.2) is 6.21 Å². The van der Waals surface area contributed by atoms with Crippen molar-refractivity contribution < 1.29 is 8.78 Å². The van der Waals surface area contributed by atoms with E-state index in [1.165, 1.54) is 18.2 Å². The number of halogens is 2. The zero-order valence-electron chi connectivity index (χ0n) is 12.0. The van der Waals surface area contributed by atoms with E-state index in [1.807, 2.05) is 32.9 Å². The zero-order valence-corrected chi connectivity index (χ0v) is 12.0. The highest BCUT2D eigenvalue weighted by atomic mass is 19.1. The third kappa shape index (κ3) is 3.41. The Hall–Kier alpha value is -1.77. The monoisotopic (exact) mass is 275 g/mol. The van der Waals surface area contributed by atoms with Crippen molar-refractivity contribution in [1.82, 2.24) is 0 Å². The van der Waals surface area contributed by atoms with Crippen LogP contribution < -0.4 is 0 Å². The molecule has 0 spiro atoms. The molecule has 2 rings (SSSR count). The molecule has 20 heavy (non-hydrogen) atoms. The van der Waals surface area contributed by atoms with Gasteiger partial charge in [-0.2, -0.15) is 0 Å². The van der Waals surface area contributed by atoms with Crippen LogP contribution >= 0.6 is 0 Å². The maximum atomic E-state index is 13.4. The molecule has 1 unspecified atom stereocenters. The fourth-order valence-electron chi connectivity index (χ4n) is 2.20. The highest BCUT2D eigenvalue weighted by Gasteiger charge is 2.25. The summed E-state index contributed by atoms with van der Waals surface area (Å²) in [6, 6.07) is 6.41. The quantitative estimate of drug-likeness (QED) is 0.692. The van der Waals surface area contributed by atoms with E-state index in [2.05, 4.69) is 4.99 Å². The molecule has 0 radical (unpaired) electrons. The van der Waals surface area contributed by atoms with Crippen LogP contribution in [0.5, 0.6) is 0 Å². The summed E-state index contributed by atoms with van der Waals surface area (Å²) >= 11 is 0. The normalized spacial score (nSPS) is 23.1. The van der Waals surface area contributed by atoms with E-state index in [1.54, 1.807) is 18.4 Å². The molecule has 0 heterocycles. The molecule has 0 aliphatic heterocycles. The van der Waals surface area contributed by atoms with E-state index in [0.29, 0.717) is 6.42 Å². The van der Waals surface area contributed by atoms with Crippen molar-refractivity contribution in [2.75, 3.05) is 0 Å². The van der Waals surface area contributed by atoms with Gasteiger partial charge in [0.05, 0.1) is 5.54 Å². The number of benzene rings is 1. The summed E-state index contributed by atoms with van der Waals surface area (Å²) in [5.41, 5.74) is -0.173. The summed E-state index contributed by atoms with van der Waals surface area (Å²) in [7, 11) is 0. The molecule has 0 amide bonds. The predicted octanol–water partition coefficient (Wildman–Crippen LogP) is 4.95. The first-order chi connectivity index (χ1) is 9.31. The number of rotatable bonds is 3. The summed E-state index contributed by atoms with van der Waals surface area (Å²) in [4.78, 5) is 4.56. The van der Waals surface area contributed by atoms with Gasteiger partial charge in [0.1, 0.15) is 11.6 Å². The van der Waals surface area contributed by atoms with E-state index in [-0.39, 0.29) is 11.6 Å². The van der Waals surface area contributed by atoms with Crippen LogP contribution in [0.1, 0.15) is 32.8 Å². The largest absolute Gasteiger partial charge is 0.286 e. The fourth-order valence-corrected chi connectivity index (χ4v) is 2.20. The Bertz CT molecular complexity index is 584. The molecule has 3 heteroatoms. The lowest BCUT2D eigenvalue weighted by molar-refractivity contribution is 0.477. The van der Waals surface area contributed by atoms with Crippen molar-refractivity contribution in [3.8, 4) is 0 Å². The molecule has 0 N–H and O–H groups in total. The highest BCUT2D eigenvalue weighted by molar-refractivity contribution is 5.70. The standard InChI is InChI=1S/C17H19F2N/c1-16(2,13-6-4-7-14(18)10-13)20-12-17(3)9-5-8-15(19)11-17/h4-10,12H,11H2,1-3H3. The van der Waals surface area contributed by atoms with Gasteiger partial charge in [0, 0.05) is 18.1 Å². The van der Waals surface area contributed by atoms with Crippen LogP contribution in [0.4, 0.5) is 8.78 Å². The first kappa shape index (κ1) is 14.6. The van der Waals surface area contributed by atoms with Gasteiger partial charge in [0.15, 0.2) is 0 Å². The summed E-state index contributed by atoms with van der Waals surface area (Å²) in [5, 5.41) is 0. The number of allylic oxidation sites excluding steroid dienone is 4. The molecule has 1 aromatic rings. The summed E-state index contributed by atoms with van der Waals surface area (Å²) in [6.45, 7) is 5.77. The molecule has 0 saturated heterocycles. The molecule has 0 bridgehead atoms. The zero-order chi connectivity index (χ0) is 14.8. The lowest BCUT2D eigenvalue weighted by Gasteiger charge is -2.26. The van der Waals surface area contributed by atoms with Crippen molar-refractivity contribution in [3.05, 3.63) is 59.7 Å². The number of aliphatic imine (C=N–C) groups is 1. The summed E-state index contributed by atoms with van der Waals surface area (Å²) < 4.78 is 26.7. The smallest absolute Gasteiger partial charge is 0.123 e. The molecule has 1 aliphatic rings. The van der Waals surface area contributed by atoms with Gasteiger partial charge in [0.25, 0.3) is 0 Å². The molecule has 0 aromatic heterocycles. The third-order valence-electron chi connectivity index (χ3n) is 3.52. The van der Waals surface area contributed by atoms with Crippen molar-refractivity contribution in [2.24, 2.45) is 10.4 Å². The van der Waals surface area contributed by atoms with Gasteiger partial charge in [0.2, 0.25) is 0 Å². The minimum absolute atomic E-state index is 0.148. The molecular formula is C17H19F2N. The molecule has 0 fully saturated rings. The highest BCUT2D eigenvalue weighted by Crippen LogP contribution is 2.32. The number of hydrogen-bond acceptors (Lipinski definition) is 1. The van der Waals surface area contributed by atoms with Gasteiger partial charge < -0.3 is 0 Å². The Morgan fingerprint density at radius 3 is 2.70 bits per heavy atom. The predicted molar refractivity (Wildman–Crippen MR) is 79.0 cm³/mol. The van der Waals surface area contributed by atoms with Crippen molar-refractivity contribution >= 4 is 6.21 Å². The Balaban J connectivity index is 2.22. The molecule has 106 valence electrons. The molecule has 1 nitrogen and oxygen atoms in total. The Morgan fingerprint density at radius 2 is 2.05 bits per heavy atom. The average molecular weight is 275 g/mol. The second-order valence-corrected chi connectivity index (χ2v) is 5.98. The molecule has 1 aromatic carbocycles. The minimum atomic E-state index is -0.545. The van der Waals surface area contributed by atoms with Crippen LogP contribution in [0.25, 0.3) is 0 Å². The number of nitrogens with zero attached hydrogens (tertiary/aromatic N) is 1.